The Morgan fingerprint density at radius 2 is 2.11 bits per heavy atom. The molecule has 7 heteroatoms. The second-order valence-corrected chi connectivity index (χ2v) is 7.07. The number of nitrogens with one attached hydrogen (secondary N) is 2. The lowest BCUT2D eigenvalue weighted by atomic mass is 10.1. The highest BCUT2D eigenvalue weighted by molar-refractivity contribution is 6.05. The molecule has 0 spiro atoms. The maximum Gasteiger partial charge on any atom is 0.338 e. The third-order valence-corrected chi connectivity index (χ3v) is 4.99. The lowest BCUT2D eigenvalue weighted by Crippen LogP contribution is -2.43. The number of carbonyl (C=O) groups is 3. The fourth-order valence-corrected chi connectivity index (χ4v) is 3.69. The van der Waals surface area contributed by atoms with Gasteiger partial charge in [0.2, 0.25) is 5.91 Å². The molecule has 0 aromatic heterocycles. The van der Waals surface area contributed by atoms with Crippen molar-refractivity contribution >= 4 is 34.8 Å². The Balaban J connectivity index is 1.39. The van der Waals surface area contributed by atoms with Gasteiger partial charge in [-0.15, -0.1) is 0 Å². The Bertz CT molecular complexity index is 956. The number of amides is 2. The minimum absolute atomic E-state index is 0.0481. The fraction of sp³-hybridized carbons (Fsp3) is 0.286. The smallest absolute Gasteiger partial charge is 0.338 e. The van der Waals surface area contributed by atoms with E-state index in [1.807, 2.05) is 31.2 Å². The Morgan fingerprint density at radius 1 is 1.25 bits per heavy atom. The summed E-state index contributed by atoms with van der Waals surface area (Å²) in [5, 5.41) is 5.55. The molecule has 0 unspecified atom stereocenters. The maximum absolute atomic E-state index is 12.3. The summed E-state index contributed by atoms with van der Waals surface area (Å²) in [5.41, 5.74) is 3.47. The van der Waals surface area contributed by atoms with Crippen molar-refractivity contribution < 1.29 is 19.1 Å². The summed E-state index contributed by atoms with van der Waals surface area (Å²) in [6.07, 6.45) is 1.81. The van der Waals surface area contributed by atoms with Gasteiger partial charge in [-0.25, -0.2) is 4.79 Å². The third-order valence-electron chi connectivity index (χ3n) is 4.99. The van der Waals surface area contributed by atoms with Crippen molar-refractivity contribution in [2.75, 3.05) is 28.7 Å². The van der Waals surface area contributed by atoms with E-state index in [4.69, 9.17) is 4.74 Å². The normalized spacial score (nSPS) is 17.4. The van der Waals surface area contributed by atoms with Crippen molar-refractivity contribution in [2.24, 2.45) is 0 Å². The molecule has 2 aromatic rings. The van der Waals surface area contributed by atoms with E-state index in [0.29, 0.717) is 16.9 Å². The number of rotatable bonds is 4. The van der Waals surface area contributed by atoms with Gasteiger partial charge in [0.25, 0.3) is 5.91 Å². The van der Waals surface area contributed by atoms with Crippen LogP contribution in [-0.4, -0.2) is 37.0 Å². The SMILES string of the molecule is Cc1cccc(NC(=O)COC(=O)c2ccc3c(c2)NC(=O)[C@@H]2CCCN32)c1. The number of aryl methyl sites for hydroxylation is 1. The standard InChI is InChI=1S/C21H21N3O4/c1-13-4-2-5-15(10-13)22-19(25)12-28-21(27)14-7-8-17-16(11-14)23-20(26)18-6-3-9-24(17)18/h2,4-5,7-8,10-11,18H,3,6,9,12H2,1H3,(H,22,25)(H,23,26)/t18-/m0/s1. The molecule has 1 fully saturated rings. The minimum Gasteiger partial charge on any atom is -0.452 e. The number of anilines is 3. The van der Waals surface area contributed by atoms with Crippen LogP contribution >= 0.6 is 0 Å². The Labute approximate surface area is 162 Å². The predicted molar refractivity (Wildman–Crippen MR) is 106 cm³/mol. The van der Waals surface area contributed by atoms with E-state index in [1.54, 1.807) is 18.2 Å². The van der Waals surface area contributed by atoms with Crippen molar-refractivity contribution in [3.63, 3.8) is 0 Å². The van der Waals surface area contributed by atoms with Gasteiger partial charge in [0.15, 0.2) is 6.61 Å². The van der Waals surface area contributed by atoms with Gasteiger partial charge in [-0.1, -0.05) is 12.1 Å². The van der Waals surface area contributed by atoms with E-state index in [0.717, 1.165) is 30.6 Å². The van der Waals surface area contributed by atoms with Crippen LogP contribution in [0, 0.1) is 6.92 Å². The van der Waals surface area contributed by atoms with E-state index in [9.17, 15) is 14.4 Å². The van der Waals surface area contributed by atoms with Gasteiger partial charge in [0, 0.05) is 12.2 Å². The Morgan fingerprint density at radius 3 is 2.93 bits per heavy atom. The molecule has 4 rings (SSSR count). The Kier molecular flexibility index (Phi) is 4.73. The number of fused-ring (bicyclic) bond motifs is 3. The summed E-state index contributed by atoms with van der Waals surface area (Å²) >= 11 is 0. The topological polar surface area (TPSA) is 87.7 Å². The summed E-state index contributed by atoms with van der Waals surface area (Å²) in [6.45, 7) is 2.37. The number of ether oxygens (including phenoxy) is 1. The zero-order chi connectivity index (χ0) is 19.7. The molecule has 28 heavy (non-hydrogen) atoms. The molecule has 0 aliphatic carbocycles. The lowest BCUT2D eigenvalue weighted by molar-refractivity contribution is -0.119. The molecule has 1 atom stereocenters. The summed E-state index contributed by atoms with van der Waals surface area (Å²) in [5.74, 6) is -1.07. The van der Waals surface area contributed by atoms with E-state index in [-0.39, 0.29) is 18.6 Å². The molecule has 0 saturated carbocycles. The molecule has 2 aliphatic rings. The number of benzene rings is 2. The maximum atomic E-state index is 12.3. The first-order chi connectivity index (χ1) is 13.5. The molecule has 2 aromatic carbocycles. The summed E-state index contributed by atoms with van der Waals surface area (Å²) in [4.78, 5) is 38.6. The van der Waals surface area contributed by atoms with Gasteiger partial charge in [-0.2, -0.15) is 0 Å². The van der Waals surface area contributed by atoms with Crippen molar-refractivity contribution in [1.29, 1.82) is 0 Å². The van der Waals surface area contributed by atoms with Crippen molar-refractivity contribution in [1.82, 2.24) is 0 Å². The van der Waals surface area contributed by atoms with E-state index < -0.39 is 11.9 Å². The monoisotopic (exact) mass is 379 g/mol. The molecule has 0 radical (unpaired) electrons. The third kappa shape index (κ3) is 3.55. The van der Waals surface area contributed by atoms with E-state index in [1.165, 1.54) is 0 Å². The highest BCUT2D eigenvalue weighted by atomic mass is 16.5. The molecule has 2 aliphatic heterocycles. The van der Waals surface area contributed by atoms with Gasteiger partial charge in [-0.05, 0) is 55.7 Å². The van der Waals surface area contributed by atoms with Gasteiger partial charge in [-0.3, -0.25) is 9.59 Å². The van der Waals surface area contributed by atoms with Crippen LogP contribution in [0.15, 0.2) is 42.5 Å². The van der Waals surface area contributed by atoms with Crippen LogP contribution in [0.3, 0.4) is 0 Å². The van der Waals surface area contributed by atoms with Crippen molar-refractivity contribution in [3.8, 4) is 0 Å². The predicted octanol–water partition coefficient (Wildman–Crippen LogP) is 2.71. The molecule has 0 bridgehead atoms. The van der Waals surface area contributed by atoms with Gasteiger partial charge in [0.05, 0.1) is 16.9 Å². The van der Waals surface area contributed by atoms with Gasteiger partial charge >= 0.3 is 5.97 Å². The van der Waals surface area contributed by atoms with Crippen LogP contribution in [-0.2, 0) is 14.3 Å². The van der Waals surface area contributed by atoms with E-state index >= 15 is 0 Å². The van der Waals surface area contributed by atoms with Crippen LogP contribution in [0.5, 0.6) is 0 Å². The zero-order valence-corrected chi connectivity index (χ0v) is 15.5. The summed E-state index contributed by atoms with van der Waals surface area (Å²) in [7, 11) is 0. The van der Waals surface area contributed by atoms with Crippen molar-refractivity contribution in [3.05, 3.63) is 53.6 Å². The molecule has 2 amide bonds. The largest absolute Gasteiger partial charge is 0.452 e. The summed E-state index contributed by atoms with van der Waals surface area (Å²) < 4.78 is 5.12. The molecular formula is C21H21N3O4. The van der Waals surface area contributed by atoms with Gasteiger partial charge < -0.3 is 20.3 Å². The van der Waals surface area contributed by atoms with Crippen LogP contribution in [0.1, 0.15) is 28.8 Å². The second-order valence-electron chi connectivity index (χ2n) is 7.07. The highest BCUT2D eigenvalue weighted by Gasteiger charge is 2.36. The number of nitrogens with zero attached hydrogens (tertiary/aromatic N) is 1. The zero-order valence-electron chi connectivity index (χ0n) is 15.5. The van der Waals surface area contributed by atoms with Crippen LogP contribution < -0.4 is 15.5 Å². The van der Waals surface area contributed by atoms with Crippen LogP contribution in [0.4, 0.5) is 17.1 Å². The molecule has 7 nitrogen and oxygen atoms in total. The first kappa shape index (κ1) is 18.0. The number of hydrogen-bond donors (Lipinski definition) is 2. The average molecular weight is 379 g/mol. The fourth-order valence-electron chi connectivity index (χ4n) is 3.69. The molecule has 1 saturated heterocycles. The number of hydrogen-bond acceptors (Lipinski definition) is 5. The number of esters is 1. The first-order valence-corrected chi connectivity index (χ1v) is 9.26. The molecular weight excluding hydrogens is 358 g/mol. The van der Waals surface area contributed by atoms with Crippen LogP contribution in [0.25, 0.3) is 0 Å². The molecule has 144 valence electrons. The Hall–Kier alpha value is -3.35. The van der Waals surface area contributed by atoms with Crippen LogP contribution in [0.2, 0.25) is 0 Å². The lowest BCUT2D eigenvalue weighted by Gasteiger charge is -2.33. The summed E-state index contributed by atoms with van der Waals surface area (Å²) in [6, 6.07) is 12.3. The highest BCUT2D eigenvalue weighted by Crippen LogP contribution is 2.37. The minimum atomic E-state index is -0.611. The first-order valence-electron chi connectivity index (χ1n) is 9.26. The average Bonchev–Trinajstić information content (AvgIpc) is 3.16. The quantitative estimate of drug-likeness (QED) is 0.798. The van der Waals surface area contributed by atoms with Crippen molar-refractivity contribution in [2.45, 2.75) is 25.8 Å². The molecule has 2 heterocycles. The van der Waals surface area contributed by atoms with E-state index in [2.05, 4.69) is 15.5 Å². The second kappa shape index (κ2) is 7.34. The molecule has 2 N–H and O–H groups in total. The van der Waals surface area contributed by atoms with Gasteiger partial charge in [0.1, 0.15) is 6.04 Å². The number of carbonyl (C=O) groups excluding carboxylic acids is 3.